The van der Waals surface area contributed by atoms with Gasteiger partial charge in [0.25, 0.3) is 0 Å². The van der Waals surface area contributed by atoms with Crippen LogP contribution in [0.1, 0.15) is 0 Å². The molecule has 0 aromatic carbocycles. The monoisotopic (exact) mass is 215 g/mol. The maximum absolute atomic E-state index is 4.27. The molecule has 1 fully saturated rings. The summed E-state index contributed by atoms with van der Waals surface area (Å²) in [5.74, 6) is 1.64. The van der Waals surface area contributed by atoms with Crippen molar-refractivity contribution < 1.29 is 0 Å². The van der Waals surface area contributed by atoms with Crippen molar-refractivity contribution in [3.63, 3.8) is 0 Å². The molecule has 3 rings (SSSR count). The van der Waals surface area contributed by atoms with Gasteiger partial charge in [-0.2, -0.15) is 5.10 Å². The standard InChI is InChI=1S/C11H13N5/c1-2-14-16(5-1)9-10-7-15(8-10)11-6-12-3-4-13-11/h1-6,10H,7-9H2. The van der Waals surface area contributed by atoms with E-state index in [4.69, 9.17) is 0 Å². The smallest absolute Gasteiger partial charge is 0.147 e. The van der Waals surface area contributed by atoms with Crippen LogP contribution in [0.5, 0.6) is 0 Å². The second kappa shape index (κ2) is 3.92. The van der Waals surface area contributed by atoms with Crippen LogP contribution < -0.4 is 4.90 Å². The minimum absolute atomic E-state index is 0.668. The lowest BCUT2D eigenvalue weighted by atomic mass is 10.0. The van der Waals surface area contributed by atoms with Crippen LogP contribution in [0.4, 0.5) is 5.82 Å². The SMILES string of the molecule is c1cnn(CC2CN(c3cnccn3)C2)c1. The molecule has 0 unspecified atom stereocenters. The quantitative estimate of drug-likeness (QED) is 0.760. The Labute approximate surface area is 93.7 Å². The predicted molar refractivity (Wildman–Crippen MR) is 60.0 cm³/mol. The Balaban J connectivity index is 1.55. The van der Waals surface area contributed by atoms with Crippen molar-refractivity contribution in [3.8, 4) is 0 Å². The Bertz CT molecular complexity index is 433. The minimum Gasteiger partial charge on any atom is -0.355 e. The highest BCUT2D eigenvalue weighted by molar-refractivity contribution is 5.38. The number of aromatic nitrogens is 4. The molecule has 82 valence electrons. The van der Waals surface area contributed by atoms with Crippen LogP contribution >= 0.6 is 0 Å². The van der Waals surface area contributed by atoms with Crippen LogP contribution in [0.3, 0.4) is 0 Å². The number of hydrogen-bond acceptors (Lipinski definition) is 4. The van der Waals surface area contributed by atoms with Gasteiger partial charge in [0.2, 0.25) is 0 Å². The van der Waals surface area contributed by atoms with E-state index < -0.39 is 0 Å². The number of rotatable bonds is 3. The van der Waals surface area contributed by atoms with Crippen LogP contribution in [0.25, 0.3) is 0 Å². The molecule has 0 N–H and O–H groups in total. The zero-order chi connectivity index (χ0) is 10.8. The molecule has 0 aliphatic carbocycles. The normalized spacial score (nSPS) is 16.1. The van der Waals surface area contributed by atoms with Crippen LogP contribution in [-0.2, 0) is 6.54 Å². The first kappa shape index (κ1) is 9.33. The first-order chi connectivity index (χ1) is 7.92. The van der Waals surface area contributed by atoms with Gasteiger partial charge in [-0.1, -0.05) is 0 Å². The van der Waals surface area contributed by atoms with Crippen LogP contribution in [0.2, 0.25) is 0 Å². The fraction of sp³-hybridized carbons (Fsp3) is 0.364. The predicted octanol–water partition coefficient (Wildman–Crippen LogP) is 0.809. The van der Waals surface area contributed by atoms with Gasteiger partial charge in [-0.25, -0.2) is 4.98 Å². The fourth-order valence-corrected chi connectivity index (χ4v) is 2.00. The minimum atomic E-state index is 0.668. The summed E-state index contributed by atoms with van der Waals surface area (Å²) < 4.78 is 1.98. The average molecular weight is 215 g/mol. The molecule has 3 heterocycles. The van der Waals surface area contributed by atoms with Gasteiger partial charge in [0.05, 0.1) is 6.20 Å². The van der Waals surface area contributed by atoms with Gasteiger partial charge in [-0.3, -0.25) is 9.67 Å². The van der Waals surface area contributed by atoms with E-state index in [1.54, 1.807) is 12.4 Å². The summed E-state index contributed by atoms with van der Waals surface area (Å²) in [6.45, 7) is 3.07. The molecular weight excluding hydrogens is 202 g/mol. The van der Waals surface area contributed by atoms with E-state index in [9.17, 15) is 0 Å². The number of anilines is 1. The first-order valence-corrected chi connectivity index (χ1v) is 5.40. The first-order valence-electron chi connectivity index (χ1n) is 5.40. The van der Waals surface area contributed by atoms with Crippen molar-refractivity contribution in [3.05, 3.63) is 37.1 Å². The third kappa shape index (κ3) is 1.76. The van der Waals surface area contributed by atoms with Crippen LogP contribution in [0.15, 0.2) is 37.1 Å². The summed E-state index contributed by atoms with van der Waals surface area (Å²) in [5, 5.41) is 4.21. The highest BCUT2D eigenvalue weighted by Gasteiger charge is 2.27. The van der Waals surface area contributed by atoms with Gasteiger partial charge in [0.1, 0.15) is 5.82 Å². The average Bonchev–Trinajstić information content (AvgIpc) is 2.77. The van der Waals surface area contributed by atoms with Gasteiger partial charge in [-0.15, -0.1) is 0 Å². The maximum Gasteiger partial charge on any atom is 0.147 e. The third-order valence-electron chi connectivity index (χ3n) is 2.84. The largest absolute Gasteiger partial charge is 0.355 e. The van der Waals surface area contributed by atoms with Gasteiger partial charge >= 0.3 is 0 Å². The molecular formula is C11H13N5. The number of hydrogen-bond donors (Lipinski definition) is 0. The van der Waals surface area contributed by atoms with Crippen molar-refractivity contribution in [1.29, 1.82) is 0 Å². The Morgan fingerprint density at radius 3 is 2.88 bits per heavy atom. The van der Waals surface area contributed by atoms with E-state index in [0.29, 0.717) is 5.92 Å². The Kier molecular flexibility index (Phi) is 2.29. The molecule has 0 amide bonds. The highest BCUT2D eigenvalue weighted by Crippen LogP contribution is 2.22. The Hall–Kier alpha value is -1.91. The molecule has 16 heavy (non-hydrogen) atoms. The lowest BCUT2D eigenvalue weighted by molar-refractivity contribution is 0.340. The van der Waals surface area contributed by atoms with Crippen molar-refractivity contribution >= 4 is 5.82 Å². The molecule has 1 aliphatic rings. The molecule has 0 saturated carbocycles. The zero-order valence-corrected chi connectivity index (χ0v) is 8.90. The van der Waals surface area contributed by atoms with Crippen molar-refractivity contribution in [2.45, 2.75) is 6.54 Å². The van der Waals surface area contributed by atoms with Gasteiger partial charge < -0.3 is 4.90 Å². The molecule has 0 bridgehead atoms. The van der Waals surface area contributed by atoms with E-state index in [2.05, 4.69) is 20.0 Å². The molecule has 5 nitrogen and oxygen atoms in total. The molecule has 2 aromatic rings. The molecule has 1 aliphatic heterocycles. The second-order valence-electron chi connectivity index (χ2n) is 4.06. The topological polar surface area (TPSA) is 46.8 Å². The molecule has 1 saturated heterocycles. The summed E-state index contributed by atoms with van der Waals surface area (Å²) in [7, 11) is 0. The summed E-state index contributed by atoms with van der Waals surface area (Å²) in [6.07, 6.45) is 9.06. The van der Waals surface area contributed by atoms with Crippen molar-refractivity contribution in [2.75, 3.05) is 18.0 Å². The third-order valence-corrected chi connectivity index (χ3v) is 2.84. The fourth-order valence-electron chi connectivity index (χ4n) is 2.00. The highest BCUT2D eigenvalue weighted by atomic mass is 15.3. The molecule has 2 aromatic heterocycles. The molecule has 0 spiro atoms. The van der Waals surface area contributed by atoms with E-state index >= 15 is 0 Å². The van der Waals surface area contributed by atoms with E-state index in [1.807, 2.05) is 29.3 Å². The summed E-state index contributed by atoms with van der Waals surface area (Å²) in [4.78, 5) is 10.6. The Morgan fingerprint density at radius 2 is 2.19 bits per heavy atom. The van der Waals surface area contributed by atoms with Gasteiger partial charge in [0, 0.05) is 50.3 Å². The molecule has 0 radical (unpaired) electrons. The lowest BCUT2D eigenvalue weighted by Crippen LogP contribution is -2.49. The number of nitrogens with zero attached hydrogens (tertiary/aromatic N) is 5. The summed E-state index contributed by atoms with van der Waals surface area (Å²) in [6, 6.07) is 1.96. The maximum atomic E-state index is 4.27. The van der Waals surface area contributed by atoms with E-state index in [-0.39, 0.29) is 0 Å². The van der Waals surface area contributed by atoms with Crippen molar-refractivity contribution in [1.82, 2.24) is 19.7 Å². The summed E-state index contributed by atoms with van der Waals surface area (Å²) >= 11 is 0. The van der Waals surface area contributed by atoms with Gasteiger partial charge in [-0.05, 0) is 6.07 Å². The molecule has 0 atom stereocenters. The van der Waals surface area contributed by atoms with E-state index in [1.165, 1.54) is 0 Å². The van der Waals surface area contributed by atoms with Crippen LogP contribution in [-0.4, -0.2) is 32.8 Å². The Morgan fingerprint density at radius 1 is 1.25 bits per heavy atom. The van der Waals surface area contributed by atoms with Crippen molar-refractivity contribution in [2.24, 2.45) is 5.92 Å². The lowest BCUT2D eigenvalue weighted by Gasteiger charge is -2.39. The van der Waals surface area contributed by atoms with E-state index in [0.717, 1.165) is 25.5 Å². The molecule has 5 heteroatoms. The summed E-state index contributed by atoms with van der Waals surface area (Å²) in [5.41, 5.74) is 0. The second-order valence-corrected chi connectivity index (χ2v) is 4.06. The van der Waals surface area contributed by atoms with Gasteiger partial charge in [0.15, 0.2) is 0 Å². The zero-order valence-electron chi connectivity index (χ0n) is 8.90. The van der Waals surface area contributed by atoms with Crippen LogP contribution in [0, 0.1) is 5.92 Å².